The first kappa shape index (κ1) is 15.0. The third-order valence-corrected chi connectivity index (χ3v) is 3.96. The summed E-state index contributed by atoms with van der Waals surface area (Å²) in [6, 6.07) is 15.8. The lowest BCUT2D eigenvalue weighted by Crippen LogP contribution is -2.12. The van der Waals surface area contributed by atoms with Gasteiger partial charge in [-0.1, -0.05) is 36.4 Å². The topological polar surface area (TPSA) is 68.0 Å². The number of aryl methyl sites for hydroxylation is 2. The van der Waals surface area contributed by atoms with Crippen LogP contribution in [-0.4, -0.2) is 10.9 Å². The molecule has 0 aliphatic carbocycles. The Morgan fingerprint density at radius 3 is 2.65 bits per heavy atom. The molecule has 0 spiro atoms. The Morgan fingerprint density at radius 2 is 1.91 bits per heavy atom. The number of carbonyl (C=O) groups excluding carboxylic acids is 1. The number of carbonyl (C=O) groups is 1. The number of nitrogens with one attached hydrogen (secondary N) is 1. The lowest BCUT2D eigenvalue weighted by Gasteiger charge is -2.13. The van der Waals surface area contributed by atoms with E-state index >= 15 is 0 Å². The van der Waals surface area contributed by atoms with Crippen LogP contribution in [0.25, 0.3) is 10.9 Å². The van der Waals surface area contributed by atoms with Crippen molar-refractivity contribution in [2.24, 2.45) is 5.73 Å². The number of pyridine rings is 1. The van der Waals surface area contributed by atoms with Crippen LogP contribution in [0.15, 0.2) is 48.5 Å². The number of anilines is 1. The summed E-state index contributed by atoms with van der Waals surface area (Å²) in [5.74, 6) is -0.460. The zero-order chi connectivity index (χ0) is 16.4. The molecule has 0 fully saturated rings. The molecule has 0 unspecified atom stereocenters. The van der Waals surface area contributed by atoms with Crippen molar-refractivity contribution in [1.82, 2.24) is 4.98 Å². The van der Waals surface area contributed by atoms with Gasteiger partial charge in [0.25, 0.3) is 5.91 Å². The van der Waals surface area contributed by atoms with E-state index in [4.69, 9.17) is 5.73 Å². The summed E-state index contributed by atoms with van der Waals surface area (Å²) in [6.07, 6.45) is 0. The van der Waals surface area contributed by atoms with Gasteiger partial charge in [-0.25, -0.2) is 0 Å². The highest BCUT2D eigenvalue weighted by atomic mass is 16.1. The zero-order valence-corrected chi connectivity index (χ0v) is 13.3. The predicted octanol–water partition coefficient (Wildman–Crippen LogP) is 3.56. The van der Waals surface area contributed by atoms with Crippen LogP contribution >= 0.6 is 0 Å². The summed E-state index contributed by atoms with van der Waals surface area (Å²) in [7, 11) is 0. The van der Waals surface area contributed by atoms with Crippen molar-refractivity contribution in [1.29, 1.82) is 0 Å². The maximum Gasteiger partial charge on any atom is 0.250 e. The van der Waals surface area contributed by atoms with E-state index in [1.165, 1.54) is 11.1 Å². The molecule has 0 radical (unpaired) electrons. The Hall–Kier alpha value is -2.88. The first-order chi connectivity index (χ1) is 11.1. The van der Waals surface area contributed by atoms with Crippen LogP contribution < -0.4 is 11.1 Å². The lowest BCUT2D eigenvalue weighted by molar-refractivity contribution is 0.100. The molecule has 1 aromatic heterocycles. The van der Waals surface area contributed by atoms with Gasteiger partial charge in [0.2, 0.25) is 0 Å². The number of hydrogen-bond donors (Lipinski definition) is 2. The minimum absolute atomic E-state index is 0.449. The maximum atomic E-state index is 11.6. The minimum atomic E-state index is -0.460. The van der Waals surface area contributed by atoms with E-state index in [1.807, 2.05) is 37.3 Å². The van der Waals surface area contributed by atoms with Gasteiger partial charge in [0, 0.05) is 23.3 Å². The van der Waals surface area contributed by atoms with E-state index in [0.717, 1.165) is 16.8 Å². The monoisotopic (exact) mass is 305 g/mol. The van der Waals surface area contributed by atoms with Crippen molar-refractivity contribution in [2.45, 2.75) is 20.4 Å². The molecule has 2 aromatic carbocycles. The van der Waals surface area contributed by atoms with Crippen LogP contribution in [0.5, 0.6) is 0 Å². The van der Waals surface area contributed by atoms with Crippen molar-refractivity contribution in [3.63, 3.8) is 0 Å². The van der Waals surface area contributed by atoms with Gasteiger partial charge in [-0.15, -0.1) is 0 Å². The Morgan fingerprint density at radius 1 is 1.13 bits per heavy atom. The predicted molar refractivity (Wildman–Crippen MR) is 93.5 cm³/mol. The van der Waals surface area contributed by atoms with E-state index in [2.05, 4.69) is 29.4 Å². The van der Waals surface area contributed by atoms with Gasteiger partial charge < -0.3 is 11.1 Å². The summed E-state index contributed by atoms with van der Waals surface area (Å²) in [4.78, 5) is 16.1. The van der Waals surface area contributed by atoms with Crippen molar-refractivity contribution < 1.29 is 4.79 Å². The van der Waals surface area contributed by atoms with Gasteiger partial charge in [-0.05, 0) is 37.1 Å². The molecular formula is C19H19N3O. The average Bonchev–Trinajstić information content (AvgIpc) is 2.53. The van der Waals surface area contributed by atoms with Crippen molar-refractivity contribution in [3.05, 3.63) is 70.9 Å². The zero-order valence-electron chi connectivity index (χ0n) is 13.3. The molecule has 0 aliphatic heterocycles. The van der Waals surface area contributed by atoms with Crippen LogP contribution in [0.1, 0.15) is 27.2 Å². The number of rotatable bonds is 4. The fourth-order valence-electron chi connectivity index (χ4n) is 2.72. The Kier molecular flexibility index (Phi) is 3.98. The maximum absolute atomic E-state index is 11.6. The van der Waals surface area contributed by atoms with Crippen molar-refractivity contribution in [2.75, 3.05) is 5.32 Å². The van der Waals surface area contributed by atoms with E-state index < -0.39 is 5.91 Å². The summed E-state index contributed by atoms with van der Waals surface area (Å²) in [6.45, 7) is 4.72. The molecule has 1 amide bonds. The van der Waals surface area contributed by atoms with Gasteiger partial charge in [-0.3, -0.25) is 9.78 Å². The number of benzene rings is 2. The first-order valence-electron chi connectivity index (χ1n) is 7.55. The van der Waals surface area contributed by atoms with E-state index in [1.54, 1.807) is 6.07 Å². The second-order valence-electron chi connectivity index (χ2n) is 5.66. The SMILES string of the molecule is Cc1cc(NCc2ccccc2C)c2cccc(C(N)=O)c2n1. The molecule has 3 aromatic rings. The molecule has 1 heterocycles. The molecule has 0 saturated heterocycles. The summed E-state index contributed by atoms with van der Waals surface area (Å²) < 4.78 is 0. The number of nitrogens with zero attached hydrogens (tertiary/aromatic N) is 1. The highest BCUT2D eigenvalue weighted by molar-refractivity contribution is 6.07. The quantitative estimate of drug-likeness (QED) is 0.774. The molecule has 0 saturated carbocycles. The van der Waals surface area contributed by atoms with Crippen LogP contribution in [0, 0.1) is 13.8 Å². The summed E-state index contributed by atoms with van der Waals surface area (Å²) in [5.41, 5.74) is 10.8. The molecule has 0 aliphatic rings. The standard InChI is InChI=1S/C19H19N3O/c1-12-6-3-4-7-14(12)11-21-17-10-13(2)22-18-15(17)8-5-9-16(18)19(20)23/h3-10H,11H2,1-2H3,(H2,20,23)(H,21,22). The smallest absolute Gasteiger partial charge is 0.250 e. The fourth-order valence-corrected chi connectivity index (χ4v) is 2.72. The van der Waals surface area contributed by atoms with Gasteiger partial charge in [0.1, 0.15) is 0 Å². The van der Waals surface area contributed by atoms with E-state index in [0.29, 0.717) is 17.6 Å². The van der Waals surface area contributed by atoms with Crippen LogP contribution in [0.4, 0.5) is 5.69 Å². The largest absolute Gasteiger partial charge is 0.380 e. The van der Waals surface area contributed by atoms with Crippen LogP contribution in [0.3, 0.4) is 0 Å². The first-order valence-corrected chi connectivity index (χ1v) is 7.55. The number of hydrogen-bond acceptors (Lipinski definition) is 3. The number of fused-ring (bicyclic) bond motifs is 1. The van der Waals surface area contributed by atoms with E-state index in [-0.39, 0.29) is 0 Å². The molecular weight excluding hydrogens is 286 g/mol. The molecule has 0 bridgehead atoms. The average molecular weight is 305 g/mol. The normalized spacial score (nSPS) is 10.7. The fraction of sp³-hybridized carbons (Fsp3) is 0.158. The molecule has 3 rings (SSSR count). The molecule has 23 heavy (non-hydrogen) atoms. The Balaban J connectivity index is 2.02. The number of aromatic nitrogens is 1. The van der Waals surface area contributed by atoms with Crippen molar-refractivity contribution >= 4 is 22.5 Å². The second kappa shape index (κ2) is 6.08. The Bertz CT molecular complexity index is 887. The molecule has 116 valence electrons. The van der Waals surface area contributed by atoms with Crippen LogP contribution in [-0.2, 0) is 6.54 Å². The van der Waals surface area contributed by atoms with Gasteiger partial charge in [-0.2, -0.15) is 0 Å². The molecule has 4 heteroatoms. The molecule has 3 N–H and O–H groups in total. The minimum Gasteiger partial charge on any atom is -0.380 e. The third-order valence-electron chi connectivity index (χ3n) is 3.96. The van der Waals surface area contributed by atoms with E-state index in [9.17, 15) is 4.79 Å². The second-order valence-corrected chi connectivity index (χ2v) is 5.66. The Labute approximate surface area is 135 Å². The molecule has 0 atom stereocenters. The van der Waals surface area contributed by atoms with Gasteiger partial charge in [0.15, 0.2) is 0 Å². The molecule has 4 nitrogen and oxygen atoms in total. The van der Waals surface area contributed by atoms with Gasteiger partial charge >= 0.3 is 0 Å². The van der Waals surface area contributed by atoms with Gasteiger partial charge in [0.05, 0.1) is 11.1 Å². The number of amides is 1. The number of nitrogens with two attached hydrogens (primary N) is 1. The lowest BCUT2D eigenvalue weighted by atomic mass is 10.1. The highest BCUT2D eigenvalue weighted by Crippen LogP contribution is 2.26. The number of primary amides is 1. The van der Waals surface area contributed by atoms with Crippen LogP contribution in [0.2, 0.25) is 0 Å². The third kappa shape index (κ3) is 3.01. The highest BCUT2D eigenvalue weighted by Gasteiger charge is 2.11. The summed E-state index contributed by atoms with van der Waals surface area (Å²) >= 11 is 0. The number of para-hydroxylation sites is 1. The summed E-state index contributed by atoms with van der Waals surface area (Å²) in [5, 5.41) is 4.36. The van der Waals surface area contributed by atoms with Crippen molar-refractivity contribution in [3.8, 4) is 0 Å².